The van der Waals surface area contributed by atoms with E-state index in [2.05, 4.69) is 13.5 Å². The van der Waals surface area contributed by atoms with E-state index in [4.69, 9.17) is 16.3 Å². The highest BCUT2D eigenvalue weighted by Gasteiger charge is 2.09. The van der Waals surface area contributed by atoms with Gasteiger partial charge in [-0.25, -0.2) is 0 Å². The number of halogens is 1. The molecule has 11 heavy (non-hydrogen) atoms. The van der Waals surface area contributed by atoms with Gasteiger partial charge in [0.05, 0.1) is 6.10 Å². The van der Waals surface area contributed by atoms with Crippen molar-refractivity contribution in [2.45, 2.75) is 25.9 Å². The van der Waals surface area contributed by atoms with Crippen LogP contribution in [0.2, 0.25) is 0 Å². The van der Waals surface area contributed by atoms with E-state index < -0.39 is 0 Å². The lowest BCUT2D eigenvalue weighted by atomic mass is 10.0. The molecule has 2 heteroatoms. The second kappa shape index (κ2) is 6.68. The van der Waals surface area contributed by atoms with Crippen LogP contribution in [0.25, 0.3) is 0 Å². The van der Waals surface area contributed by atoms with Gasteiger partial charge in [0, 0.05) is 13.0 Å². The first-order chi connectivity index (χ1) is 5.24. The Morgan fingerprint density at radius 2 is 2.27 bits per heavy atom. The number of ether oxygens (including phenoxy) is 1. The van der Waals surface area contributed by atoms with Gasteiger partial charge in [0.15, 0.2) is 0 Å². The third-order valence-electron chi connectivity index (χ3n) is 1.79. The lowest BCUT2D eigenvalue weighted by molar-refractivity contribution is 0.0982. The van der Waals surface area contributed by atoms with Crippen LogP contribution in [0, 0.1) is 5.92 Å². The molecule has 0 radical (unpaired) electrons. The van der Waals surface area contributed by atoms with Gasteiger partial charge in [-0.3, -0.25) is 0 Å². The molecule has 0 N–H and O–H groups in total. The van der Waals surface area contributed by atoms with Crippen molar-refractivity contribution in [3.05, 3.63) is 12.7 Å². The zero-order chi connectivity index (χ0) is 8.69. The molecule has 0 saturated carbocycles. The highest BCUT2D eigenvalue weighted by Crippen LogP contribution is 2.14. The quantitative estimate of drug-likeness (QED) is 0.447. The summed E-state index contributed by atoms with van der Waals surface area (Å²) in [6.07, 6.45) is 4.22. The fraction of sp³-hybridized carbons (Fsp3) is 0.778. The Bertz CT molecular complexity index is 104. The van der Waals surface area contributed by atoms with Crippen molar-refractivity contribution in [1.29, 1.82) is 0 Å². The van der Waals surface area contributed by atoms with Crippen molar-refractivity contribution in [2.24, 2.45) is 5.92 Å². The van der Waals surface area contributed by atoms with Crippen molar-refractivity contribution >= 4 is 11.6 Å². The number of alkyl halides is 1. The van der Waals surface area contributed by atoms with E-state index in [1.165, 1.54) is 0 Å². The van der Waals surface area contributed by atoms with Crippen molar-refractivity contribution < 1.29 is 4.74 Å². The summed E-state index contributed by atoms with van der Waals surface area (Å²) in [5.41, 5.74) is 0. The summed E-state index contributed by atoms with van der Waals surface area (Å²) in [6.45, 7) is 5.74. The van der Waals surface area contributed by atoms with E-state index in [9.17, 15) is 0 Å². The first kappa shape index (κ1) is 11.0. The smallest absolute Gasteiger partial charge is 0.0546 e. The molecule has 1 nitrogen and oxygen atoms in total. The summed E-state index contributed by atoms with van der Waals surface area (Å²) < 4.78 is 5.14. The van der Waals surface area contributed by atoms with E-state index in [1.807, 2.05) is 6.08 Å². The molecular formula is C9H17ClO. The zero-order valence-electron chi connectivity index (χ0n) is 7.35. The lowest BCUT2D eigenvalue weighted by Gasteiger charge is -2.15. The van der Waals surface area contributed by atoms with Gasteiger partial charge in [-0.2, -0.15) is 0 Å². The normalized spacial score (nSPS) is 15.9. The van der Waals surface area contributed by atoms with Crippen LogP contribution in [-0.2, 0) is 4.74 Å². The predicted molar refractivity (Wildman–Crippen MR) is 50.1 cm³/mol. The Labute approximate surface area is 74.4 Å². The molecule has 0 aromatic carbocycles. The van der Waals surface area contributed by atoms with Crippen LogP contribution in [-0.4, -0.2) is 19.1 Å². The molecule has 0 spiro atoms. The molecule has 0 heterocycles. The maximum Gasteiger partial charge on any atom is 0.0546 e. The van der Waals surface area contributed by atoms with Gasteiger partial charge < -0.3 is 4.74 Å². The Kier molecular flexibility index (Phi) is 6.68. The van der Waals surface area contributed by atoms with Gasteiger partial charge >= 0.3 is 0 Å². The average Bonchev–Trinajstić information content (AvgIpc) is 2.03. The van der Waals surface area contributed by atoms with E-state index in [0.29, 0.717) is 17.9 Å². The summed E-state index contributed by atoms with van der Waals surface area (Å²) in [6, 6.07) is 0. The SMILES string of the molecule is C=CCC(CCl)CC(C)OC. The van der Waals surface area contributed by atoms with Crippen LogP contribution in [0.15, 0.2) is 12.7 Å². The van der Waals surface area contributed by atoms with Crippen LogP contribution in [0.3, 0.4) is 0 Å². The number of rotatable bonds is 6. The molecule has 0 fully saturated rings. The number of allylic oxidation sites excluding steroid dienone is 1. The van der Waals surface area contributed by atoms with Gasteiger partial charge in [-0.1, -0.05) is 6.08 Å². The van der Waals surface area contributed by atoms with Crippen LogP contribution < -0.4 is 0 Å². The monoisotopic (exact) mass is 176 g/mol. The highest BCUT2D eigenvalue weighted by molar-refractivity contribution is 6.18. The first-order valence-corrected chi connectivity index (χ1v) is 4.47. The fourth-order valence-corrected chi connectivity index (χ4v) is 1.28. The summed E-state index contributed by atoms with van der Waals surface area (Å²) in [4.78, 5) is 0. The van der Waals surface area contributed by atoms with E-state index in [0.717, 1.165) is 12.8 Å². The van der Waals surface area contributed by atoms with E-state index in [-0.39, 0.29) is 0 Å². The number of methoxy groups -OCH3 is 1. The lowest BCUT2D eigenvalue weighted by Crippen LogP contribution is -2.13. The molecule has 0 bridgehead atoms. The van der Waals surface area contributed by atoms with Crippen molar-refractivity contribution in [3.8, 4) is 0 Å². The maximum atomic E-state index is 5.74. The Balaban J connectivity index is 3.57. The highest BCUT2D eigenvalue weighted by atomic mass is 35.5. The Hall–Kier alpha value is -0.0100. The second-order valence-corrected chi connectivity index (χ2v) is 3.14. The minimum Gasteiger partial charge on any atom is -0.382 e. The molecule has 0 aromatic rings. The predicted octanol–water partition coefficient (Wildman–Crippen LogP) is 2.84. The zero-order valence-corrected chi connectivity index (χ0v) is 8.10. The van der Waals surface area contributed by atoms with E-state index in [1.54, 1.807) is 7.11 Å². The summed E-state index contributed by atoms with van der Waals surface area (Å²) >= 11 is 5.74. The van der Waals surface area contributed by atoms with Gasteiger partial charge in [-0.05, 0) is 25.7 Å². The molecule has 2 atom stereocenters. The Morgan fingerprint density at radius 3 is 2.64 bits per heavy atom. The minimum atomic E-state index is 0.304. The fourth-order valence-electron chi connectivity index (χ4n) is 1.02. The molecule has 0 aromatic heterocycles. The minimum absolute atomic E-state index is 0.304. The maximum absolute atomic E-state index is 5.74. The van der Waals surface area contributed by atoms with Crippen LogP contribution in [0.5, 0.6) is 0 Å². The van der Waals surface area contributed by atoms with Gasteiger partial charge in [0.1, 0.15) is 0 Å². The largest absolute Gasteiger partial charge is 0.382 e. The van der Waals surface area contributed by atoms with Gasteiger partial charge in [-0.15, -0.1) is 18.2 Å². The third-order valence-corrected chi connectivity index (χ3v) is 2.22. The topological polar surface area (TPSA) is 9.23 Å². The average molecular weight is 177 g/mol. The van der Waals surface area contributed by atoms with Gasteiger partial charge in [0.25, 0.3) is 0 Å². The summed E-state index contributed by atoms with van der Waals surface area (Å²) in [5, 5.41) is 0. The molecule has 0 aliphatic rings. The second-order valence-electron chi connectivity index (χ2n) is 2.83. The standard InChI is InChI=1S/C9H17ClO/c1-4-5-9(7-10)6-8(2)11-3/h4,8-9H,1,5-7H2,2-3H3. The van der Waals surface area contributed by atoms with Crippen molar-refractivity contribution in [1.82, 2.24) is 0 Å². The molecule has 66 valence electrons. The van der Waals surface area contributed by atoms with Crippen LogP contribution in [0.4, 0.5) is 0 Å². The molecule has 0 aliphatic heterocycles. The van der Waals surface area contributed by atoms with Crippen molar-refractivity contribution in [2.75, 3.05) is 13.0 Å². The molecular weight excluding hydrogens is 160 g/mol. The van der Waals surface area contributed by atoms with Gasteiger partial charge in [0.2, 0.25) is 0 Å². The third kappa shape index (κ3) is 5.28. The Morgan fingerprint density at radius 1 is 1.64 bits per heavy atom. The molecule has 0 saturated heterocycles. The molecule has 0 rings (SSSR count). The van der Waals surface area contributed by atoms with E-state index >= 15 is 0 Å². The van der Waals surface area contributed by atoms with Crippen molar-refractivity contribution in [3.63, 3.8) is 0 Å². The first-order valence-electron chi connectivity index (χ1n) is 3.94. The molecule has 0 aliphatic carbocycles. The summed E-state index contributed by atoms with van der Waals surface area (Å²) in [7, 11) is 1.73. The molecule has 2 unspecified atom stereocenters. The molecule has 0 amide bonds. The number of hydrogen-bond acceptors (Lipinski definition) is 1. The number of hydrogen-bond donors (Lipinski definition) is 0. The van der Waals surface area contributed by atoms with Crippen LogP contribution >= 0.6 is 11.6 Å². The summed E-state index contributed by atoms with van der Waals surface area (Å²) in [5.74, 6) is 1.21. The van der Waals surface area contributed by atoms with Crippen LogP contribution in [0.1, 0.15) is 19.8 Å².